The summed E-state index contributed by atoms with van der Waals surface area (Å²) in [7, 11) is 1.50. The first-order valence-corrected chi connectivity index (χ1v) is 6.81. The van der Waals surface area contributed by atoms with Crippen LogP contribution >= 0.6 is 0 Å². The van der Waals surface area contributed by atoms with Gasteiger partial charge in [0.2, 0.25) is 5.95 Å². The van der Waals surface area contributed by atoms with E-state index in [0.29, 0.717) is 0 Å². The third-order valence-corrected chi connectivity index (χ3v) is 3.32. The second-order valence-electron chi connectivity index (χ2n) is 4.76. The van der Waals surface area contributed by atoms with Crippen molar-refractivity contribution >= 4 is 11.8 Å². The molecule has 3 rings (SSSR count). The zero-order valence-electron chi connectivity index (χ0n) is 11.1. The van der Waals surface area contributed by atoms with Gasteiger partial charge in [0, 0.05) is 25.8 Å². The Morgan fingerprint density at radius 1 is 1.33 bits per heavy atom. The van der Waals surface area contributed by atoms with Gasteiger partial charge in [-0.25, -0.2) is 4.98 Å². The van der Waals surface area contributed by atoms with E-state index in [4.69, 9.17) is 0 Å². The van der Waals surface area contributed by atoms with Gasteiger partial charge in [-0.15, -0.1) is 0 Å². The molecule has 1 saturated carbocycles. The number of rotatable bonds is 4. The number of nitrogens with two attached hydrogens (primary N) is 1. The molecule has 0 amide bonds. The smallest absolute Gasteiger partial charge is 0.224 e. The van der Waals surface area contributed by atoms with Crippen LogP contribution in [0.3, 0.4) is 0 Å². The number of anilines is 2. The quantitative estimate of drug-likeness (QED) is 0.846. The molecule has 3 N–H and O–H groups in total. The average Bonchev–Trinajstić information content (AvgIpc) is 3.11. The van der Waals surface area contributed by atoms with Crippen LogP contribution in [0.25, 0.3) is 0 Å². The van der Waals surface area contributed by atoms with Crippen LogP contribution in [0.5, 0.6) is 0 Å². The maximum Gasteiger partial charge on any atom is 0.224 e. The van der Waals surface area contributed by atoms with E-state index in [1.807, 2.05) is 12.3 Å². The first-order valence-electron chi connectivity index (χ1n) is 6.81. The van der Waals surface area contributed by atoms with Crippen molar-refractivity contribution in [1.29, 1.82) is 0 Å². The topological polar surface area (TPSA) is 67.1 Å². The summed E-state index contributed by atoms with van der Waals surface area (Å²) in [5, 5.41) is 3.32. The molecule has 0 aromatic carbocycles. The van der Waals surface area contributed by atoms with Crippen LogP contribution in [0.2, 0.25) is 0 Å². The van der Waals surface area contributed by atoms with E-state index in [9.17, 15) is 0 Å². The van der Waals surface area contributed by atoms with Crippen LogP contribution in [0, 0.1) is 5.92 Å². The lowest BCUT2D eigenvalue weighted by Crippen LogP contribution is -2.19. The molecule has 1 aromatic rings. The number of hydrogen-bond acceptors (Lipinski definition) is 5. The minimum absolute atomic E-state index is 0.788. The van der Waals surface area contributed by atoms with E-state index in [1.54, 1.807) is 0 Å². The van der Waals surface area contributed by atoms with Gasteiger partial charge < -0.3 is 16.0 Å². The minimum atomic E-state index is 0.788. The Hall–Kier alpha value is -1.36. The Balaban J connectivity index is 0.000000574. The zero-order valence-corrected chi connectivity index (χ0v) is 11.1. The highest BCUT2D eigenvalue weighted by atomic mass is 15.2. The molecule has 5 nitrogen and oxygen atoms in total. The predicted octanol–water partition coefficient (Wildman–Crippen LogP) is 1.47. The van der Waals surface area contributed by atoms with E-state index in [0.717, 1.165) is 37.3 Å². The van der Waals surface area contributed by atoms with Gasteiger partial charge in [0.15, 0.2) is 0 Å². The van der Waals surface area contributed by atoms with Crippen LogP contribution in [-0.2, 0) is 0 Å². The van der Waals surface area contributed by atoms with Crippen molar-refractivity contribution in [2.45, 2.75) is 25.7 Å². The summed E-state index contributed by atoms with van der Waals surface area (Å²) in [5.41, 5.74) is 4.50. The molecule has 0 atom stereocenters. The van der Waals surface area contributed by atoms with Crippen molar-refractivity contribution in [3.63, 3.8) is 0 Å². The van der Waals surface area contributed by atoms with Gasteiger partial charge >= 0.3 is 0 Å². The number of nitrogens with one attached hydrogen (secondary N) is 1. The molecule has 18 heavy (non-hydrogen) atoms. The van der Waals surface area contributed by atoms with E-state index in [1.165, 1.54) is 32.7 Å². The van der Waals surface area contributed by atoms with Gasteiger partial charge in [-0.2, -0.15) is 4.98 Å². The number of nitrogens with zero attached hydrogens (tertiary/aromatic N) is 3. The Morgan fingerprint density at radius 2 is 2.06 bits per heavy atom. The molecule has 0 spiro atoms. The Labute approximate surface area is 109 Å². The second kappa shape index (κ2) is 6.54. The summed E-state index contributed by atoms with van der Waals surface area (Å²) in [6.45, 7) is 3.31. The normalized spacial score (nSPS) is 18.2. The van der Waals surface area contributed by atoms with Crippen molar-refractivity contribution in [1.82, 2.24) is 9.97 Å². The van der Waals surface area contributed by atoms with Gasteiger partial charge in [-0.3, -0.25) is 0 Å². The van der Waals surface area contributed by atoms with E-state index < -0.39 is 0 Å². The maximum absolute atomic E-state index is 4.56. The molecular weight excluding hydrogens is 226 g/mol. The van der Waals surface area contributed by atoms with Gasteiger partial charge in [0.05, 0.1) is 0 Å². The largest absolute Gasteiger partial charge is 0.356 e. The summed E-state index contributed by atoms with van der Waals surface area (Å²) >= 11 is 0. The molecule has 0 radical (unpaired) electrons. The monoisotopic (exact) mass is 249 g/mol. The third-order valence-electron chi connectivity index (χ3n) is 3.32. The summed E-state index contributed by atoms with van der Waals surface area (Å²) in [5.74, 6) is 2.72. The van der Waals surface area contributed by atoms with Crippen molar-refractivity contribution in [3.05, 3.63) is 12.3 Å². The second-order valence-corrected chi connectivity index (χ2v) is 4.76. The Kier molecular flexibility index (Phi) is 4.75. The van der Waals surface area contributed by atoms with Gasteiger partial charge in [0.1, 0.15) is 5.82 Å². The minimum Gasteiger partial charge on any atom is -0.356 e. The maximum atomic E-state index is 4.56. The van der Waals surface area contributed by atoms with Crippen LogP contribution < -0.4 is 16.0 Å². The van der Waals surface area contributed by atoms with E-state index in [-0.39, 0.29) is 0 Å². The van der Waals surface area contributed by atoms with Crippen LogP contribution in [0.15, 0.2) is 12.3 Å². The predicted molar refractivity (Wildman–Crippen MR) is 74.8 cm³/mol. The molecule has 0 unspecified atom stereocenters. The molecule has 2 heterocycles. The molecule has 1 saturated heterocycles. The molecular formula is C13H23N5. The van der Waals surface area contributed by atoms with Crippen molar-refractivity contribution in [2.75, 3.05) is 36.9 Å². The Bertz CT molecular complexity index is 358. The first-order chi connectivity index (χ1) is 8.92. The summed E-state index contributed by atoms with van der Waals surface area (Å²) < 4.78 is 0. The van der Waals surface area contributed by atoms with Gasteiger partial charge in [-0.1, -0.05) is 0 Å². The van der Waals surface area contributed by atoms with Crippen molar-refractivity contribution in [2.24, 2.45) is 11.7 Å². The highest BCUT2D eigenvalue weighted by Gasteiger charge is 2.21. The van der Waals surface area contributed by atoms with Crippen molar-refractivity contribution < 1.29 is 0 Å². The molecule has 1 aliphatic carbocycles. The standard InChI is InChI=1S/C12H18N4.CH5N/c1-2-8-16(7-1)11-5-6-13-12(15-11)14-9-10-3-4-10;1-2/h5-6,10H,1-4,7-9H2,(H,13,14,15);2H2,1H3. The first kappa shape index (κ1) is 13.1. The highest BCUT2D eigenvalue weighted by molar-refractivity contribution is 5.43. The molecule has 1 aliphatic heterocycles. The Morgan fingerprint density at radius 3 is 2.72 bits per heavy atom. The molecule has 2 fully saturated rings. The molecule has 0 bridgehead atoms. The summed E-state index contributed by atoms with van der Waals surface area (Å²) in [6, 6.07) is 2.01. The number of aromatic nitrogens is 2. The lowest BCUT2D eigenvalue weighted by atomic mass is 10.4. The van der Waals surface area contributed by atoms with E-state index >= 15 is 0 Å². The molecule has 100 valence electrons. The molecule has 2 aliphatic rings. The van der Waals surface area contributed by atoms with Gasteiger partial charge in [0.25, 0.3) is 0 Å². The van der Waals surface area contributed by atoms with Crippen molar-refractivity contribution in [3.8, 4) is 0 Å². The lowest BCUT2D eigenvalue weighted by molar-refractivity contribution is 0.866. The fourth-order valence-electron chi connectivity index (χ4n) is 2.11. The SMILES string of the molecule is CN.c1cc(N2CCCC2)nc(NCC2CC2)n1. The summed E-state index contributed by atoms with van der Waals surface area (Å²) in [4.78, 5) is 11.2. The molecule has 5 heteroatoms. The highest BCUT2D eigenvalue weighted by Crippen LogP contribution is 2.28. The molecule has 1 aromatic heterocycles. The van der Waals surface area contributed by atoms with Gasteiger partial charge in [-0.05, 0) is 44.7 Å². The van der Waals surface area contributed by atoms with Crippen LogP contribution in [-0.4, -0.2) is 36.6 Å². The van der Waals surface area contributed by atoms with Crippen LogP contribution in [0.4, 0.5) is 11.8 Å². The van der Waals surface area contributed by atoms with E-state index in [2.05, 4.69) is 25.9 Å². The average molecular weight is 249 g/mol. The third kappa shape index (κ3) is 3.57. The lowest BCUT2D eigenvalue weighted by Gasteiger charge is -2.16. The number of hydrogen-bond donors (Lipinski definition) is 2. The van der Waals surface area contributed by atoms with Crippen LogP contribution in [0.1, 0.15) is 25.7 Å². The fourth-order valence-corrected chi connectivity index (χ4v) is 2.11. The fraction of sp³-hybridized carbons (Fsp3) is 0.692. The summed E-state index contributed by atoms with van der Waals surface area (Å²) in [6.07, 6.45) is 7.15. The zero-order chi connectivity index (χ0) is 12.8.